The van der Waals surface area contributed by atoms with Gasteiger partial charge >= 0.3 is 0 Å². The van der Waals surface area contributed by atoms with Crippen LogP contribution in [0.15, 0.2) is 18.3 Å². The standard InChI is InChI=1S/C17H24N2O3/c1-11-16(3-2-8-18-11)22-15-6-4-13(5-7-15)19-17(21)12-9-14(20)10-12/h2-3,8,12-15,20H,4-7,9-10H2,1H3,(H,19,21). The van der Waals surface area contributed by atoms with Gasteiger partial charge in [0.2, 0.25) is 5.91 Å². The molecule has 3 rings (SSSR count). The molecule has 120 valence electrons. The van der Waals surface area contributed by atoms with E-state index >= 15 is 0 Å². The van der Waals surface area contributed by atoms with Crippen molar-refractivity contribution < 1.29 is 14.6 Å². The molecule has 5 heteroatoms. The monoisotopic (exact) mass is 304 g/mol. The summed E-state index contributed by atoms with van der Waals surface area (Å²) in [6.07, 6.45) is 6.74. The van der Waals surface area contributed by atoms with Gasteiger partial charge in [-0.1, -0.05) is 0 Å². The van der Waals surface area contributed by atoms with E-state index in [1.54, 1.807) is 6.20 Å². The second-order valence-corrected chi connectivity index (χ2v) is 6.51. The van der Waals surface area contributed by atoms with Crippen molar-refractivity contribution >= 4 is 5.91 Å². The topological polar surface area (TPSA) is 71.5 Å². The van der Waals surface area contributed by atoms with Crippen molar-refractivity contribution in [2.24, 2.45) is 5.92 Å². The fourth-order valence-electron chi connectivity index (χ4n) is 3.22. The molecule has 2 aliphatic carbocycles. The van der Waals surface area contributed by atoms with Gasteiger partial charge in [-0.2, -0.15) is 0 Å². The van der Waals surface area contributed by atoms with E-state index in [1.165, 1.54) is 0 Å². The molecule has 1 aromatic rings. The van der Waals surface area contributed by atoms with Crippen molar-refractivity contribution in [3.05, 3.63) is 24.0 Å². The number of carbonyl (C=O) groups excluding carboxylic acids is 1. The number of aliphatic hydroxyl groups is 1. The van der Waals surface area contributed by atoms with Gasteiger partial charge in [0.05, 0.1) is 17.9 Å². The maximum Gasteiger partial charge on any atom is 0.223 e. The number of aliphatic hydroxyl groups excluding tert-OH is 1. The van der Waals surface area contributed by atoms with Gasteiger partial charge in [0.1, 0.15) is 5.75 Å². The van der Waals surface area contributed by atoms with Crippen molar-refractivity contribution in [1.82, 2.24) is 10.3 Å². The first-order valence-electron chi connectivity index (χ1n) is 8.18. The van der Waals surface area contributed by atoms with Crippen molar-refractivity contribution in [2.75, 3.05) is 0 Å². The molecular formula is C17H24N2O3. The number of nitrogens with zero attached hydrogens (tertiary/aromatic N) is 1. The summed E-state index contributed by atoms with van der Waals surface area (Å²) in [5.41, 5.74) is 0.918. The Morgan fingerprint density at radius 1 is 1.32 bits per heavy atom. The third kappa shape index (κ3) is 3.58. The number of nitrogens with one attached hydrogen (secondary N) is 1. The summed E-state index contributed by atoms with van der Waals surface area (Å²) in [6.45, 7) is 1.95. The lowest BCUT2D eigenvalue weighted by Crippen LogP contribution is -2.46. The smallest absolute Gasteiger partial charge is 0.223 e. The van der Waals surface area contributed by atoms with Crippen molar-refractivity contribution in [3.8, 4) is 5.75 Å². The van der Waals surface area contributed by atoms with Crippen LogP contribution in [0, 0.1) is 12.8 Å². The molecule has 0 radical (unpaired) electrons. The van der Waals surface area contributed by atoms with Crippen LogP contribution >= 0.6 is 0 Å². The second-order valence-electron chi connectivity index (χ2n) is 6.51. The Morgan fingerprint density at radius 2 is 2.05 bits per heavy atom. The Morgan fingerprint density at radius 3 is 2.68 bits per heavy atom. The quantitative estimate of drug-likeness (QED) is 0.892. The third-order valence-electron chi connectivity index (χ3n) is 4.76. The number of ether oxygens (including phenoxy) is 1. The van der Waals surface area contributed by atoms with Gasteiger partial charge in [-0.15, -0.1) is 0 Å². The molecule has 0 aromatic carbocycles. The summed E-state index contributed by atoms with van der Waals surface area (Å²) in [5.74, 6) is 0.984. The predicted octanol–water partition coefficient (Wildman–Crippen LogP) is 1.97. The van der Waals surface area contributed by atoms with Crippen molar-refractivity contribution in [3.63, 3.8) is 0 Å². The van der Waals surface area contributed by atoms with Crippen LogP contribution < -0.4 is 10.1 Å². The van der Waals surface area contributed by atoms with Crippen molar-refractivity contribution in [2.45, 2.75) is 63.7 Å². The highest BCUT2D eigenvalue weighted by Gasteiger charge is 2.34. The van der Waals surface area contributed by atoms with Gasteiger partial charge < -0.3 is 15.2 Å². The average Bonchev–Trinajstić information content (AvgIpc) is 2.48. The molecule has 2 fully saturated rings. The molecule has 2 N–H and O–H groups in total. The number of carbonyl (C=O) groups is 1. The van der Waals surface area contributed by atoms with E-state index in [1.807, 2.05) is 19.1 Å². The molecule has 0 atom stereocenters. The number of amides is 1. The van der Waals surface area contributed by atoms with Crippen LogP contribution in [0.2, 0.25) is 0 Å². The highest BCUT2D eigenvalue weighted by Crippen LogP contribution is 2.29. The highest BCUT2D eigenvalue weighted by atomic mass is 16.5. The largest absolute Gasteiger partial charge is 0.489 e. The van der Waals surface area contributed by atoms with Crippen LogP contribution in [0.1, 0.15) is 44.2 Å². The SMILES string of the molecule is Cc1ncccc1OC1CCC(NC(=O)C2CC(O)C2)CC1. The van der Waals surface area contributed by atoms with E-state index in [0.29, 0.717) is 12.8 Å². The molecule has 0 unspecified atom stereocenters. The van der Waals surface area contributed by atoms with Gasteiger partial charge in [-0.25, -0.2) is 0 Å². The lowest BCUT2D eigenvalue weighted by Gasteiger charge is -2.34. The third-order valence-corrected chi connectivity index (χ3v) is 4.76. The van der Waals surface area contributed by atoms with E-state index in [4.69, 9.17) is 4.74 Å². The number of aromatic nitrogens is 1. The molecule has 22 heavy (non-hydrogen) atoms. The van der Waals surface area contributed by atoms with Gasteiger partial charge in [-0.3, -0.25) is 9.78 Å². The maximum absolute atomic E-state index is 12.0. The van der Waals surface area contributed by atoms with E-state index in [9.17, 15) is 9.90 Å². The van der Waals surface area contributed by atoms with Crippen LogP contribution in [-0.4, -0.2) is 34.2 Å². The fraction of sp³-hybridized carbons (Fsp3) is 0.647. The number of hydrogen-bond donors (Lipinski definition) is 2. The van der Waals surface area contributed by atoms with Gasteiger partial charge in [0, 0.05) is 18.2 Å². The van der Waals surface area contributed by atoms with Gasteiger partial charge in [0.25, 0.3) is 0 Å². The predicted molar refractivity (Wildman–Crippen MR) is 82.5 cm³/mol. The zero-order valence-electron chi connectivity index (χ0n) is 13.0. The van der Waals surface area contributed by atoms with Crippen molar-refractivity contribution in [1.29, 1.82) is 0 Å². The summed E-state index contributed by atoms with van der Waals surface area (Å²) in [7, 11) is 0. The van der Waals surface area contributed by atoms with E-state index < -0.39 is 0 Å². The van der Waals surface area contributed by atoms with Gasteiger partial charge in [-0.05, 0) is 57.6 Å². The Kier molecular flexibility index (Phi) is 4.62. The van der Waals surface area contributed by atoms with E-state index in [-0.39, 0.29) is 30.1 Å². The summed E-state index contributed by atoms with van der Waals surface area (Å²) in [5, 5.41) is 12.4. The normalized spacial score (nSPS) is 31.2. The number of hydrogen-bond acceptors (Lipinski definition) is 4. The van der Waals surface area contributed by atoms with Crippen LogP contribution in [-0.2, 0) is 4.79 Å². The molecule has 0 spiro atoms. The zero-order chi connectivity index (χ0) is 15.5. The minimum absolute atomic E-state index is 0.0158. The summed E-state index contributed by atoms with van der Waals surface area (Å²) in [4.78, 5) is 16.2. The highest BCUT2D eigenvalue weighted by molar-refractivity contribution is 5.79. The summed E-state index contributed by atoms with van der Waals surface area (Å²) >= 11 is 0. The average molecular weight is 304 g/mol. The van der Waals surface area contributed by atoms with Crippen LogP contribution in [0.4, 0.5) is 0 Å². The van der Waals surface area contributed by atoms with E-state index in [0.717, 1.165) is 37.1 Å². The molecule has 1 heterocycles. The molecule has 1 amide bonds. The molecule has 0 aliphatic heterocycles. The number of rotatable bonds is 4. The number of aryl methyl sites for hydroxylation is 1. The van der Waals surface area contributed by atoms with Gasteiger partial charge in [0.15, 0.2) is 0 Å². The Balaban J connectivity index is 1.42. The molecule has 2 aliphatic rings. The lowest BCUT2D eigenvalue weighted by atomic mass is 9.81. The summed E-state index contributed by atoms with van der Waals surface area (Å²) in [6, 6.07) is 4.10. The first-order valence-corrected chi connectivity index (χ1v) is 8.18. The molecule has 0 bridgehead atoms. The lowest BCUT2D eigenvalue weighted by molar-refractivity contribution is -0.132. The first kappa shape index (κ1) is 15.3. The Labute approximate surface area is 131 Å². The summed E-state index contributed by atoms with van der Waals surface area (Å²) < 4.78 is 6.02. The van der Waals surface area contributed by atoms with Crippen LogP contribution in [0.5, 0.6) is 5.75 Å². The molecule has 5 nitrogen and oxygen atoms in total. The fourth-order valence-corrected chi connectivity index (χ4v) is 3.22. The molecular weight excluding hydrogens is 280 g/mol. The Hall–Kier alpha value is -1.62. The maximum atomic E-state index is 12.0. The molecule has 0 saturated heterocycles. The van der Waals surface area contributed by atoms with Crippen LogP contribution in [0.25, 0.3) is 0 Å². The minimum Gasteiger partial charge on any atom is -0.489 e. The first-order chi connectivity index (χ1) is 10.6. The van der Waals surface area contributed by atoms with E-state index in [2.05, 4.69) is 10.3 Å². The minimum atomic E-state index is -0.275. The Bertz CT molecular complexity index is 520. The molecule has 1 aromatic heterocycles. The molecule has 2 saturated carbocycles. The van der Waals surface area contributed by atoms with Crippen LogP contribution in [0.3, 0.4) is 0 Å². The number of pyridine rings is 1. The zero-order valence-corrected chi connectivity index (χ0v) is 13.0. The second kappa shape index (κ2) is 6.65.